The molecule has 3 aromatic rings. The van der Waals surface area contributed by atoms with E-state index in [1.807, 2.05) is 36.4 Å². The number of rotatable bonds is 3. The Balaban J connectivity index is 2.26. The highest BCUT2D eigenvalue weighted by Crippen LogP contribution is 2.32. The molecular formula is C16H12FNOS. The molecule has 0 aliphatic carbocycles. The van der Waals surface area contributed by atoms with E-state index in [-0.39, 0.29) is 18.8 Å². The van der Waals surface area contributed by atoms with Crippen molar-refractivity contribution < 1.29 is 8.99 Å². The first-order chi connectivity index (χ1) is 9.83. The molecule has 0 saturated heterocycles. The molecule has 1 aromatic heterocycles. The Bertz CT molecular complexity index is 743. The van der Waals surface area contributed by atoms with Crippen LogP contribution >= 0.6 is 12.1 Å². The molecule has 0 radical (unpaired) electrons. The second-order valence-electron chi connectivity index (χ2n) is 4.44. The van der Waals surface area contributed by atoms with Crippen molar-refractivity contribution in [3.8, 4) is 11.1 Å². The topological polar surface area (TPSA) is 33.1 Å². The fraction of sp³-hybridized carbons (Fsp3) is 0.0625. The summed E-state index contributed by atoms with van der Waals surface area (Å²) in [6, 6.07) is 15.0. The van der Waals surface area contributed by atoms with E-state index in [1.54, 1.807) is 18.3 Å². The predicted molar refractivity (Wildman–Crippen MR) is 80.1 cm³/mol. The van der Waals surface area contributed by atoms with Gasteiger partial charge in [-0.15, -0.1) is 0 Å². The molecule has 0 bridgehead atoms. The lowest BCUT2D eigenvalue weighted by Gasteiger charge is -2.11. The number of fused-ring (bicyclic) bond motifs is 1. The van der Waals surface area contributed by atoms with Crippen LogP contribution < -0.4 is 0 Å². The van der Waals surface area contributed by atoms with Crippen LogP contribution in [-0.4, -0.2) is 10.1 Å². The summed E-state index contributed by atoms with van der Waals surface area (Å²) < 4.78 is 12.5. The van der Waals surface area contributed by atoms with Crippen molar-refractivity contribution in [2.45, 2.75) is 11.5 Å². The summed E-state index contributed by atoms with van der Waals surface area (Å²) in [7, 11) is 0. The first-order valence-electron chi connectivity index (χ1n) is 6.20. The highest BCUT2D eigenvalue weighted by atomic mass is 32.2. The molecule has 0 unspecified atom stereocenters. The number of hydrogen-bond acceptors (Lipinski definition) is 3. The summed E-state index contributed by atoms with van der Waals surface area (Å²) in [4.78, 5) is 4.92. The van der Waals surface area contributed by atoms with Crippen LogP contribution in [0.1, 0.15) is 5.56 Å². The normalized spacial score (nSPS) is 10.9. The first-order valence-corrected chi connectivity index (χ1v) is 6.91. The fourth-order valence-corrected chi connectivity index (χ4v) is 2.56. The van der Waals surface area contributed by atoms with Crippen LogP contribution in [0.2, 0.25) is 0 Å². The highest BCUT2D eigenvalue weighted by Gasteiger charge is 2.10. The van der Waals surface area contributed by atoms with Gasteiger partial charge in [-0.1, -0.05) is 30.3 Å². The van der Waals surface area contributed by atoms with Gasteiger partial charge in [-0.3, -0.25) is 4.98 Å². The van der Waals surface area contributed by atoms with Crippen molar-refractivity contribution in [1.29, 1.82) is 0 Å². The monoisotopic (exact) mass is 285 g/mol. The third-order valence-electron chi connectivity index (χ3n) is 3.26. The van der Waals surface area contributed by atoms with Gasteiger partial charge in [-0.05, 0) is 29.3 Å². The molecule has 4 heteroatoms. The van der Waals surface area contributed by atoms with Gasteiger partial charge in [-0.2, -0.15) is 3.89 Å². The van der Waals surface area contributed by atoms with Crippen molar-refractivity contribution in [1.82, 2.24) is 4.98 Å². The summed E-state index contributed by atoms with van der Waals surface area (Å²) in [6.45, 7) is -0.0766. The lowest BCUT2D eigenvalue weighted by molar-refractivity contribution is 0.282. The smallest absolute Gasteiger partial charge is 0.0812 e. The van der Waals surface area contributed by atoms with Gasteiger partial charge < -0.3 is 5.11 Å². The van der Waals surface area contributed by atoms with Gasteiger partial charge in [0, 0.05) is 22.0 Å². The molecule has 1 N–H and O–H groups in total. The molecule has 0 aliphatic heterocycles. The molecule has 1 heterocycles. The number of para-hydroxylation sites is 1. The van der Waals surface area contributed by atoms with Crippen LogP contribution in [0.5, 0.6) is 0 Å². The Hall–Kier alpha value is -1.91. The Morgan fingerprint density at radius 1 is 1.05 bits per heavy atom. The van der Waals surface area contributed by atoms with Gasteiger partial charge >= 0.3 is 0 Å². The van der Waals surface area contributed by atoms with Crippen LogP contribution in [0.25, 0.3) is 22.0 Å². The van der Waals surface area contributed by atoms with E-state index in [0.29, 0.717) is 4.90 Å². The average Bonchev–Trinajstić information content (AvgIpc) is 2.54. The van der Waals surface area contributed by atoms with Gasteiger partial charge in [-0.25, -0.2) is 0 Å². The zero-order chi connectivity index (χ0) is 13.9. The molecule has 0 spiro atoms. The summed E-state index contributed by atoms with van der Waals surface area (Å²) in [6.07, 6.45) is 1.69. The third kappa shape index (κ3) is 2.28. The molecule has 0 saturated carbocycles. The van der Waals surface area contributed by atoms with E-state index in [0.717, 1.165) is 27.6 Å². The van der Waals surface area contributed by atoms with Gasteiger partial charge in [0.05, 0.1) is 24.3 Å². The molecule has 0 amide bonds. The molecule has 0 aliphatic rings. The van der Waals surface area contributed by atoms with E-state index in [9.17, 15) is 8.99 Å². The van der Waals surface area contributed by atoms with Crippen molar-refractivity contribution in [3.05, 3.63) is 60.3 Å². The minimum absolute atomic E-state index is 0.0766. The first kappa shape index (κ1) is 13.1. The summed E-state index contributed by atoms with van der Waals surface area (Å²) >= 11 is 0.225. The molecule has 0 fully saturated rings. The van der Waals surface area contributed by atoms with E-state index < -0.39 is 0 Å². The summed E-state index contributed by atoms with van der Waals surface area (Å²) in [5.74, 6) is 0. The van der Waals surface area contributed by atoms with Crippen LogP contribution in [0.3, 0.4) is 0 Å². The standard InChI is InChI=1S/C16H12FNOS/c17-20-13-7-5-11(6-8-13)16-12(10-19)9-18-15-4-2-1-3-14(15)16/h1-9,19H,10H2. The Labute approximate surface area is 120 Å². The molecular weight excluding hydrogens is 273 g/mol. The Kier molecular flexibility index (Phi) is 3.67. The van der Waals surface area contributed by atoms with E-state index in [1.165, 1.54) is 0 Å². The van der Waals surface area contributed by atoms with Crippen LogP contribution in [0.15, 0.2) is 59.6 Å². The van der Waals surface area contributed by atoms with E-state index >= 15 is 0 Å². The van der Waals surface area contributed by atoms with Gasteiger partial charge in [0.15, 0.2) is 0 Å². The quantitative estimate of drug-likeness (QED) is 0.775. The van der Waals surface area contributed by atoms with E-state index in [4.69, 9.17) is 0 Å². The minimum Gasteiger partial charge on any atom is -0.392 e. The lowest BCUT2D eigenvalue weighted by Crippen LogP contribution is -1.93. The zero-order valence-corrected chi connectivity index (χ0v) is 11.4. The number of halogens is 1. The third-order valence-corrected chi connectivity index (χ3v) is 3.71. The molecule has 20 heavy (non-hydrogen) atoms. The summed E-state index contributed by atoms with van der Waals surface area (Å²) in [5, 5.41) is 10.5. The largest absolute Gasteiger partial charge is 0.392 e. The zero-order valence-electron chi connectivity index (χ0n) is 10.6. The van der Waals surface area contributed by atoms with Crippen LogP contribution in [-0.2, 0) is 6.61 Å². The SMILES string of the molecule is OCc1cnc2ccccc2c1-c1ccc(SF)cc1. The number of aliphatic hydroxyl groups excluding tert-OH is 1. The van der Waals surface area contributed by atoms with Gasteiger partial charge in [0.1, 0.15) is 0 Å². The second-order valence-corrected chi connectivity index (χ2v) is 5.06. The second kappa shape index (κ2) is 5.61. The summed E-state index contributed by atoms with van der Waals surface area (Å²) in [5.41, 5.74) is 3.55. The maximum absolute atomic E-state index is 12.5. The van der Waals surface area contributed by atoms with Crippen molar-refractivity contribution in [2.24, 2.45) is 0 Å². The molecule has 2 aromatic carbocycles. The number of benzene rings is 2. The van der Waals surface area contributed by atoms with Crippen LogP contribution in [0, 0.1) is 0 Å². The number of pyridine rings is 1. The number of aliphatic hydroxyl groups is 1. The van der Waals surface area contributed by atoms with Gasteiger partial charge in [0.25, 0.3) is 0 Å². The predicted octanol–water partition coefficient (Wildman–Crippen LogP) is 4.37. The average molecular weight is 285 g/mol. The number of hydrogen-bond donors (Lipinski definition) is 1. The molecule has 2 nitrogen and oxygen atoms in total. The van der Waals surface area contributed by atoms with Crippen LogP contribution in [0.4, 0.5) is 3.89 Å². The molecule has 3 rings (SSSR count). The van der Waals surface area contributed by atoms with E-state index in [2.05, 4.69) is 4.98 Å². The minimum atomic E-state index is -0.0766. The lowest BCUT2D eigenvalue weighted by atomic mass is 9.97. The van der Waals surface area contributed by atoms with Gasteiger partial charge in [0.2, 0.25) is 0 Å². The number of aromatic nitrogens is 1. The Morgan fingerprint density at radius 2 is 1.80 bits per heavy atom. The van der Waals surface area contributed by atoms with Crippen molar-refractivity contribution >= 4 is 23.1 Å². The maximum atomic E-state index is 12.5. The maximum Gasteiger partial charge on any atom is 0.0812 e. The Morgan fingerprint density at radius 3 is 2.50 bits per heavy atom. The fourth-order valence-electron chi connectivity index (χ4n) is 2.32. The molecule has 0 atom stereocenters. The highest BCUT2D eigenvalue weighted by molar-refractivity contribution is 7.94. The van der Waals surface area contributed by atoms with Crippen molar-refractivity contribution in [2.75, 3.05) is 0 Å². The van der Waals surface area contributed by atoms with Crippen molar-refractivity contribution in [3.63, 3.8) is 0 Å². The molecule has 100 valence electrons. The number of nitrogens with zero attached hydrogens (tertiary/aromatic N) is 1.